The van der Waals surface area contributed by atoms with Crippen LogP contribution in [0, 0.1) is 26.2 Å². The van der Waals surface area contributed by atoms with E-state index in [2.05, 4.69) is 37.8 Å². The third-order valence-electron chi connectivity index (χ3n) is 6.36. The molecule has 0 unspecified atom stereocenters. The number of aryl methyl sites for hydroxylation is 3. The zero-order chi connectivity index (χ0) is 18.9. The lowest BCUT2D eigenvalue weighted by Gasteiger charge is -2.47. The second-order valence-corrected chi connectivity index (χ2v) is 8.36. The summed E-state index contributed by atoms with van der Waals surface area (Å²) in [6.45, 7) is 10.4. The molecule has 0 radical (unpaired) electrons. The smallest absolute Gasteiger partial charge is 0.237 e. The summed E-state index contributed by atoms with van der Waals surface area (Å²) in [6, 6.07) is 4.60. The Morgan fingerprint density at radius 1 is 1.08 bits per heavy atom. The number of benzene rings is 1. The van der Waals surface area contributed by atoms with Crippen LogP contribution in [0.4, 0.5) is 0 Å². The first-order chi connectivity index (χ1) is 12.3. The molecule has 0 saturated carbocycles. The van der Waals surface area contributed by atoms with Crippen LogP contribution in [0.2, 0.25) is 0 Å². The van der Waals surface area contributed by atoms with Gasteiger partial charge in [0, 0.05) is 19.5 Å². The number of hydrogen-bond acceptors (Lipinski definition) is 3. The van der Waals surface area contributed by atoms with Crippen molar-refractivity contribution in [2.75, 3.05) is 26.2 Å². The lowest BCUT2D eigenvalue weighted by molar-refractivity contribution is -0.142. The zero-order valence-corrected chi connectivity index (χ0v) is 16.3. The molecule has 2 N–H and O–H groups in total. The minimum atomic E-state index is -0.418. The van der Waals surface area contributed by atoms with Gasteiger partial charge in [-0.25, -0.2) is 0 Å². The van der Waals surface area contributed by atoms with Gasteiger partial charge in [-0.15, -0.1) is 0 Å². The first kappa shape index (κ1) is 18.9. The number of carbonyl (C=O) groups excluding carboxylic acids is 2. The molecule has 5 heteroatoms. The van der Waals surface area contributed by atoms with Gasteiger partial charge in [0.15, 0.2) is 0 Å². The standard InChI is InChI=1S/C21H31N3O2/c1-15-10-17(3)18(11-16(15)2)12-23-8-6-21(7-9-23)5-4-20(26)24(14-21)13-19(22)25/h10-11H,4-9,12-14H2,1-3H3,(H2,22,25). The van der Waals surface area contributed by atoms with Crippen LogP contribution in [0.3, 0.4) is 0 Å². The first-order valence-electron chi connectivity index (χ1n) is 9.63. The summed E-state index contributed by atoms with van der Waals surface area (Å²) < 4.78 is 0. The molecule has 2 amide bonds. The fourth-order valence-corrected chi connectivity index (χ4v) is 4.46. The lowest BCUT2D eigenvalue weighted by Crippen LogP contribution is -2.53. The molecule has 26 heavy (non-hydrogen) atoms. The van der Waals surface area contributed by atoms with Crippen molar-refractivity contribution in [3.8, 4) is 0 Å². The summed E-state index contributed by atoms with van der Waals surface area (Å²) in [7, 11) is 0. The molecule has 0 atom stereocenters. The van der Waals surface area contributed by atoms with Crippen LogP contribution in [0.5, 0.6) is 0 Å². The number of carbonyl (C=O) groups is 2. The van der Waals surface area contributed by atoms with E-state index in [1.54, 1.807) is 4.90 Å². The number of likely N-dealkylation sites (tertiary alicyclic amines) is 2. The molecule has 0 aliphatic carbocycles. The Labute approximate surface area is 156 Å². The van der Waals surface area contributed by atoms with E-state index in [0.717, 1.165) is 38.9 Å². The van der Waals surface area contributed by atoms with Gasteiger partial charge in [-0.3, -0.25) is 14.5 Å². The number of piperidine rings is 2. The zero-order valence-electron chi connectivity index (χ0n) is 16.3. The Morgan fingerprint density at radius 2 is 1.73 bits per heavy atom. The summed E-state index contributed by atoms with van der Waals surface area (Å²) in [5.41, 5.74) is 11.0. The van der Waals surface area contributed by atoms with Gasteiger partial charge in [0.1, 0.15) is 0 Å². The van der Waals surface area contributed by atoms with Gasteiger partial charge in [-0.1, -0.05) is 12.1 Å². The maximum absolute atomic E-state index is 12.1. The molecular weight excluding hydrogens is 326 g/mol. The van der Waals surface area contributed by atoms with Crippen molar-refractivity contribution in [2.45, 2.75) is 53.0 Å². The van der Waals surface area contributed by atoms with Crippen molar-refractivity contribution in [3.63, 3.8) is 0 Å². The van der Waals surface area contributed by atoms with Crippen molar-refractivity contribution in [1.29, 1.82) is 0 Å². The molecule has 0 bridgehead atoms. The van der Waals surface area contributed by atoms with Gasteiger partial charge in [-0.2, -0.15) is 0 Å². The van der Waals surface area contributed by atoms with E-state index in [1.165, 1.54) is 22.3 Å². The molecule has 3 rings (SSSR count). The van der Waals surface area contributed by atoms with Gasteiger partial charge < -0.3 is 10.6 Å². The minimum Gasteiger partial charge on any atom is -0.368 e. The van der Waals surface area contributed by atoms with E-state index < -0.39 is 5.91 Å². The van der Waals surface area contributed by atoms with E-state index in [9.17, 15) is 9.59 Å². The molecule has 1 spiro atoms. The quantitative estimate of drug-likeness (QED) is 0.899. The van der Waals surface area contributed by atoms with Crippen molar-refractivity contribution in [2.24, 2.45) is 11.1 Å². The second kappa shape index (κ2) is 7.39. The SMILES string of the molecule is Cc1cc(C)c(CN2CCC3(CCC(=O)N(CC(N)=O)C3)CC2)cc1C. The number of nitrogens with zero attached hydrogens (tertiary/aromatic N) is 2. The van der Waals surface area contributed by atoms with Gasteiger partial charge in [0.25, 0.3) is 0 Å². The largest absolute Gasteiger partial charge is 0.368 e. The maximum atomic E-state index is 12.1. The third kappa shape index (κ3) is 4.09. The van der Waals surface area contributed by atoms with E-state index in [0.29, 0.717) is 13.0 Å². The Bertz CT molecular complexity index is 705. The summed E-state index contributed by atoms with van der Waals surface area (Å²) in [4.78, 5) is 27.5. The number of hydrogen-bond donors (Lipinski definition) is 1. The van der Waals surface area contributed by atoms with Crippen LogP contribution in [0.1, 0.15) is 47.9 Å². The average molecular weight is 357 g/mol. The fraction of sp³-hybridized carbons (Fsp3) is 0.619. The van der Waals surface area contributed by atoms with Crippen LogP contribution in [0.15, 0.2) is 12.1 Å². The molecule has 0 aromatic heterocycles. The predicted molar refractivity (Wildman–Crippen MR) is 103 cm³/mol. The molecule has 2 fully saturated rings. The Morgan fingerprint density at radius 3 is 2.38 bits per heavy atom. The third-order valence-corrected chi connectivity index (χ3v) is 6.36. The van der Waals surface area contributed by atoms with Crippen molar-refractivity contribution < 1.29 is 9.59 Å². The average Bonchev–Trinajstić information content (AvgIpc) is 2.58. The summed E-state index contributed by atoms with van der Waals surface area (Å²) in [5, 5.41) is 0. The highest BCUT2D eigenvalue weighted by atomic mass is 16.2. The van der Waals surface area contributed by atoms with E-state index >= 15 is 0 Å². The molecule has 2 aliphatic heterocycles. The highest BCUT2D eigenvalue weighted by molar-refractivity contribution is 5.84. The van der Waals surface area contributed by atoms with Gasteiger partial charge >= 0.3 is 0 Å². The molecular formula is C21H31N3O2. The number of primary amides is 1. The highest BCUT2D eigenvalue weighted by Crippen LogP contribution is 2.40. The number of rotatable bonds is 4. The Hall–Kier alpha value is -1.88. The summed E-state index contributed by atoms with van der Waals surface area (Å²) in [5.74, 6) is -0.347. The fourth-order valence-electron chi connectivity index (χ4n) is 4.46. The molecule has 1 aromatic carbocycles. The van der Waals surface area contributed by atoms with Gasteiger partial charge in [-0.05, 0) is 80.8 Å². The minimum absolute atomic E-state index is 0.0616. The summed E-state index contributed by atoms with van der Waals surface area (Å²) >= 11 is 0. The van der Waals surface area contributed by atoms with Gasteiger partial charge in [0.2, 0.25) is 11.8 Å². The van der Waals surface area contributed by atoms with Crippen LogP contribution < -0.4 is 5.73 Å². The van der Waals surface area contributed by atoms with Crippen molar-refractivity contribution in [3.05, 3.63) is 34.4 Å². The molecule has 2 aliphatic rings. The van der Waals surface area contributed by atoms with E-state index in [4.69, 9.17) is 5.73 Å². The van der Waals surface area contributed by atoms with Crippen LogP contribution in [0.25, 0.3) is 0 Å². The van der Waals surface area contributed by atoms with Gasteiger partial charge in [0.05, 0.1) is 6.54 Å². The van der Waals surface area contributed by atoms with Crippen LogP contribution in [-0.2, 0) is 16.1 Å². The molecule has 5 nitrogen and oxygen atoms in total. The molecule has 1 aromatic rings. The van der Waals surface area contributed by atoms with Crippen molar-refractivity contribution >= 4 is 11.8 Å². The topological polar surface area (TPSA) is 66.6 Å². The normalized spacial score (nSPS) is 20.6. The van der Waals surface area contributed by atoms with E-state index in [1.807, 2.05) is 0 Å². The summed E-state index contributed by atoms with van der Waals surface area (Å²) in [6.07, 6.45) is 3.65. The van der Waals surface area contributed by atoms with Crippen molar-refractivity contribution in [1.82, 2.24) is 9.80 Å². The number of nitrogens with two attached hydrogens (primary N) is 1. The highest BCUT2D eigenvalue weighted by Gasteiger charge is 2.41. The second-order valence-electron chi connectivity index (χ2n) is 8.36. The Balaban J connectivity index is 1.61. The van der Waals surface area contributed by atoms with E-state index in [-0.39, 0.29) is 17.9 Å². The first-order valence-corrected chi connectivity index (χ1v) is 9.63. The molecule has 2 heterocycles. The monoisotopic (exact) mass is 357 g/mol. The predicted octanol–water partition coefficient (Wildman–Crippen LogP) is 2.30. The van der Waals surface area contributed by atoms with Crippen LogP contribution >= 0.6 is 0 Å². The number of amides is 2. The van der Waals surface area contributed by atoms with Crippen LogP contribution in [-0.4, -0.2) is 47.8 Å². The maximum Gasteiger partial charge on any atom is 0.237 e. The Kier molecular flexibility index (Phi) is 5.37. The lowest BCUT2D eigenvalue weighted by atomic mass is 9.72. The molecule has 2 saturated heterocycles. The molecule has 142 valence electrons.